The van der Waals surface area contributed by atoms with E-state index in [9.17, 15) is 4.79 Å². The van der Waals surface area contributed by atoms with Gasteiger partial charge in [-0.1, -0.05) is 6.92 Å². The summed E-state index contributed by atoms with van der Waals surface area (Å²) >= 11 is 0. The van der Waals surface area contributed by atoms with Gasteiger partial charge in [0, 0.05) is 24.7 Å². The summed E-state index contributed by atoms with van der Waals surface area (Å²) in [7, 11) is 0. The molecule has 0 saturated carbocycles. The van der Waals surface area contributed by atoms with Crippen LogP contribution in [0.5, 0.6) is 0 Å². The largest absolute Gasteiger partial charge is 0.355 e. The van der Waals surface area contributed by atoms with Gasteiger partial charge in [0.2, 0.25) is 5.91 Å². The third-order valence-corrected chi connectivity index (χ3v) is 4.20. The second-order valence-electron chi connectivity index (χ2n) is 5.69. The van der Waals surface area contributed by atoms with Crippen molar-refractivity contribution in [1.82, 2.24) is 15.5 Å². The van der Waals surface area contributed by atoms with Gasteiger partial charge in [-0.25, -0.2) is 0 Å². The summed E-state index contributed by atoms with van der Waals surface area (Å²) in [6.45, 7) is 6.52. The number of piperidine rings is 1. The summed E-state index contributed by atoms with van der Waals surface area (Å²) < 4.78 is 0. The Kier molecular flexibility index (Phi) is 5.01. The maximum atomic E-state index is 11.8. The molecule has 2 fully saturated rings. The van der Waals surface area contributed by atoms with Crippen LogP contribution in [-0.4, -0.2) is 48.6 Å². The van der Waals surface area contributed by atoms with Crippen molar-refractivity contribution in [3.05, 3.63) is 0 Å². The number of nitrogens with one attached hydrogen (secondary N) is 2. The molecule has 2 atom stereocenters. The molecule has 0 radical (unpaired) electrons. The summed E-state index contributed by atoms with van der Waals surface area (Å²) in [5.41, 5.74) is 0. The third-order valence-electron chi connectivity index (χ3n) is 4.20. The number of amides is 1. The standard InChI is InChI=1S/C14H27N3O/c1-3-7-17(10-14(18)15-4-2)13-8-11-5-6-12(9-13)16-11/h11-13,16H,3-10H2,1-2H3,(H,15,18). The second kappa shape index (κ2) is 6.53. The lowest BCUT2D eigenvalue weighted by Gasteiger charge is -2.37. The van der Waals surface area contributed by atoms with Crippen molar-refractivity contribution < 1.29 is 4.79 Å². The van der Waals surface area contributed by atoms with Gasteiger partial charge < -0.3 is 10.6 Å². The molecule has 18 heavy (non-hydrogen) atoms. The van der Waals surface area contributed by atoms with Gasteiger partial charge in [0.1, 0.15) is 0 Å². The minimum atomic E-state index is 0.178. The Morgan fingerprint density at radius 2 is 1.94 bits per heavy atom. The molecular weight excluding hydrogens is 226 g/mol. The van der Waals surface area contributed by atoms with Crippen molar-refractivity contribution >= 4 is 5.91 Å². The number of fused-ring (bicyclic) bond motifs is 2. The summed E-state index contributed by atoms with van der Waals surface area (Å²) in [5, 5.41) is 6.58. The molecule has 2 aliphatic rings. The van der Waals surface area contributed by atoms with E-state index in [1.54, 1.807) is 0 Å². The van der Waals surface area contributed by atoms with Crippen LogP contribution >= 0.6 is 0 Å². The van der Waals surface area contributed by atoms with Crippen molar-refractivity contribution in [3.63, 3.8) is 0 Å². The zero-order valence-electron chi connectivity index (χ0n) is 11.7. The predicted molar refractivity (Wildman–Crippen MR) is 73.5 cm³/mol. The average molecular weight is 253 g/mol. The lowest BCUT2D eigenvalue weighted by molar-refractivity contribution is -0.122. The molecule has 2 heterocycles. The highest BCUT2D eigenvalue weighted by molar-refractivity contribution is 5.77. The molecule has 2 N–H and O–H groups in total. The molecule has 0 aromatic rings. The van der Waals surface area contributed by atoms with Gasteiger partial charge in [0.05, 0.1) is 6.54 Å². The number of carbonyl (C=O) groups is 1. The van der Waals surface area contributed by atoms with E-state index in [-0.39, 0.29) is 5.91 Å². The normalized spacial score (nSPS) is 30.7. The molecule has 2 bridgehead atoms. The Balaban J connectivity index is 1.90. The fourth-order valence-electron chi connectivity index (χ4n) is 3.44. The van der Waals surface area contributed by atoms with E-state index >= 15 is 0 Å². The second-order valence-corrected chi connectivity index (χ2v) is 5.69. The van der Waals surface area contributed by atoms with E-state index in [2.05, 4.69) is 22.5 Å². The highest BCUT2D eigenvalue weighted by Crippen LogP contribution is 2.29. The Morgan fingerprint density at radius 3 is 2.50 bits per heavy atom. The van der Waals surface area contributed by atoms with Gasteiger partial charge in [-0.3, -0.25) is 9.69 Å². The molecule has 0 aromatic heterocycles. The fraction of sp³-hybridized carbons (Fsp3) is 0.929. The van der Waals surface area contributed by atoms with Crippen LogP contribution in [0.4, 0.5) is 0 Å². The van der Waals surface area contributed by atoms with E-state index < -0.39 is 0 Å². The number of nitrogens with zero attached hydrogens (tertiary/aromatic N) is 1. The van der Waals surface area contributed by atoms with Crippen LogP contribution in [0.2, 0.25) is 0 Å². The minimum Gasteiger partial charge on any atom is -0.355 e. The maximum Gasteiger partial charge on any atom is 0.234 e. The molecule has 0 aromatic carbocycles. The highest BCUT2D eigenvalue weighted by Gasteiger charge is 2.36. The smallest absolute Gasteiger partial charge is 0.234 e. The monoisotopic (exact) mass is 253 g/mol. The van der Waals surface area contributed by atoms with Gasteiger partial charge in [-0.05, 0) is 45.6 Å². The van der Waals surface area contributed by atoms with Crippen LogP contribution in [0.15, 0.2) is 0 Å². The number of hydrogen-bond donors (Lipinski definition) is 2. The van der Waals surface area contributed by atoms with E-state index in [1.807, 2.05) is 6.92 Å². The summed E-state index contributed by atoms with van der Waals surface area (Å²) in [4.78, 5) is 14.2. The van der Waals surface area contributed by atoms with Crippen LogP contribution in [0.25, 0.3) is 0 Å². The number of rotatable bonds is 6. The Morgan fingerprint density at radius 1 is 1.28 bits per heavy atom. The Hall–Kier alpha value is -0.610. The molecule has 2 saturated heterocycles. The maximum absolute atomic E-state index is 11.8. The topological polar surface area (TPSA) is 44.4 Å². The van der Waals surface area contributed by atoms with Crippen LogP contribution in [-0.2, 0) is 4.79 Å². The van der Waals surface area contributed by atoms with Crippen molar-refractivity contribution in [2.45, 2.75) is 64.1 Å². The SMILES string of the molecule is CCCN(CC(=O)NCC)C1CC2CCC(C1)N2. The predicted octanol–water partition coefficient (Wildman–Crippen LogP) is 1.12. The number of hydrogen-bond acceptors (Lipinski definition) is 3. The van der Waals surface area contributed by atoms with Gasteiger partial charge in [-0.15, -0.1) is 0 Å². The molecule has 4 nitrogen and oxygen atoms in total. The molecule has 2 aliphatic heterocycles. The number of carbonyl (C=O) groups excluding carboxylic acids is 1. The van der Waals surface area contributed by atoms with Crippen LogP contribution in [0.3, 0.4) is 0 Å². The zero-order valence-corrected chi connectivity index (χ0v) is 11.7. The van der Waals surface area contributed by atoms with E-state index in [4.69, 9.17) is 0 Å². The lowest BCUT2D eigenvalue weighted by Crippen LogP contribution is -2.51. The van der Waals surface area contributed by atoms with Crippen LogP contribution in [0, 0.1) is 0 Å². The fourth-order valence-corrected chi connectivity index (χ4v) is 3.44. The first-order chi connectivity index (χ1) is 8.72. The van der Waals surface area contributed by atoms with E-state index in [0.29, 0.717) is 24.7 Å². The summed E-state index contributed by atoms with van der Waals surface area (Å²) in [6, 6.07) is 2.00. The van der Waals surface area contributed by atoms with Crippen LogP contribution < -0.4 is 10.6 Å². The van der Waals surface area contributed by atoms with Gasteiger partial charge in [0.25, 0.3) is 0 Å². The molecule has 1 amide bonds. The van der Waals surface area contributed by atoms with Crippen molar-refractivity contribution in [2.24, 2.45) is 0 Å². The Bertz CT molecular complexity index is 270. The first-order valence-electron chi connectivity index (χ1n) is 7.49. The molecule has 2 unspecified atom stereocenters. The van der Waals surface area contributed by atoms with Crippen molar-refractivity contribution in [3.8, 4) is 0 Å². The van der Waals surface area contributed by atoms with Gasteiger partial charge in [-0.2, -0.15) is 0 Å². The quantitative estimate of drug-likeness (QED) is 0.745. The zero-order chi connectivity index (χ0) is 13.0. The van der Waals surface area contributed by atoms with Crippen LogP contribution in [0.1, 0.15) is 46.0 Å². The third kappa shape index (κ3) is 3.45. The lowest BCUT2D eigenvalue weighted by atomic mass is 9.98. The highest BCUT2D eigenvalue weighted by atomic mass is 16.2. The summed E-state index contributed by atoms with van der Waals surface area (Å²) in [5.74, 6) is 0.178. The van der Waals surface area contributed by atoms with Crippen molar-refractivity contribution in [2.75, 3.05) is 19.6 Å². The average Bonchev–Trinajstić information content (AvgIpc) is 2.68. The molecule has 0 spiro atoms. The number of likely N-dealkylation sites (N-methyl/N-ethyl adjacent to an activating group) is 1. The van der Waals surface area contributed by atoms with Crippen molar-refractivity contribution in [1.29, 1.82) is 0 Å². The molecule has 104 valence electrons. The van der Waals surface area contributed by atoms with E-state index in [0.717, 1.165) is 19.5 Å². The first-order valence-corrected chi connectivity index (χ1v) is 7.49. The van der Waals surface area contributed by atoms with Gasteiger partial charge >= 0.3 is 0 Å². The summed E-state index contributed by atoms with van der Waals surface area (Å²) in [6.07, 6.45) is 6.20. The first kappa shape index (κ1) is 13.8. The minimum absolute atomic E-state index is 0.178. The molecule has 0 aliphatic carbocycles. The van der Waals surface area contributed by atoms with E-state index in [1.165, 1.54) is 25.7 Å². The molecular formula is C14H27N3O. The van der Waals surface area contributed by atoms with Gasteiger partial charge in [0.15, 0.2) is 0 Å². The molecule has 4 heteroatoms. The Labute approximate surface area is 110 Å². The molecule has 2 rings (SSSR count).